The Bertz CT molecular complexity index is 555. The first-order valence-corrected chi connectivity index (χ1v) is 8.29. The Balaban J connectivity index is 2.07. The van der Waals surface area contributed by atoms with Crippen molar-refractivity contribution in [2.75, 3.05) is 6.54 Å². The van der Waals surface area contributed by atoms with Gasteiger partial charge >= 0.3 is 0 Å². The van der Waals surface area contributed by atoms with Gasteiger partial charge < -0.3 is 5.32 Å². The highest BCUT2D eigenvalue weighted by atomic mass is 35.5. The van der Waals surface area contributed by atoms with Crippen molar-refractivity contribution < 1.29 is 0 Å². The molecule has 0 heterocycles. The van der Waals surface area contributed by atoms with E-state index in [1.807, 2.05) is 24.3 Å². The van der Waals surface area contributed by atoms with Gasteiger partial charge in [0.25, 0.3) is 0 Å². The van der Waals surface area contributed by atoms with Crippen LogP contribution < -0.4 is 5.32 Å². The summed E-state index contributed by atoms with van der Waals surface area (Å²) in [5.41, 5.74) is 2.55. The molecule has 1 N–H and O–H groups in total. The number of benzene rings is 2. The topological polar surface area (TPSA) is 12.0 Å². The Morgan fingerprint density at radius 2 is 1.70 bits per heavy atom. The van der Waals surface area contributed by atoms with Gasteiger partial charge in [0, 0.05) is 27.2 Å². The Labute approximate surface area is 134 Å². The first kappa shape index (κ1) is 15.7. The molecule has 20 heavy (non-hydrogen) atoms. The van der Waals surface area contributed by atoms with Gasteiger partial charge in [0.1, 0.15) is 0 Å². The molecule has 0 amide bonds. The van der Waals surface area contributed by atoms with E-state index in [1.165, 1.54) is 16.0 Å². The van der Waals surface area contributed by atoms with E-state index in [0.29, 0.717) is 0 Å². The van der Waals surface area contributed by atoms with Crippen molar-refractivity contribution in [2.45, 2.75) is 24.1 Å². The second kappa shape index (κ2) is 7.94. The fourth-order valence-corrected chi connectivity index (χ4v) is 3.22. The van der Waals surface area contributed by atoms with Crippen LogP contribution in [-0.4, -0.2) is 6.54 Å². The van der Waals surface area contributed by atoms with E-state index in [1.54, 1.807) is 11.8 Å². The van der Waals surface area contributed by atoms with Crippen molar-refractivity contribution in [1.29, 1.82) is 0 Å². The van der Waals surface area contributed by atoms with E-state index < -0.39 is 0 Å². The van der Waals surface area contributed by atoms with Crippen LogP contribution >= 0.6 is 35.0 Å². The number of rotatable bonds is 6. The standard InChI is InChI=1S/C16H17Cl2NS/c1-2-19-10-13-5-8-15(18)9-16(13)20-11-12-3-6-14(17)7-4-12/h3-9,19H,2,10-11H2,1H3. The lowest BCUT2D eigenvalue weighted by Crippen LogP contribution is -2.12. The molecule has 0 spiro atoms. The molecule has 0 aliphatic carbocycles. The molecule has 2 rings (SSSR count). The zero-order chi connectivity index (χ0) is 14.4. The normalized spacial score (nSPS) is 10.8. The van der Waals surface area contributed by atoms with Crippen molar-refractivity contribution in [2.24, 2.45) is 0 Å². The zero-order valence-corrected chi connectivity index (χ0v) is 13.7. The monoisotopic (exact) mass is 325 g/mol. The molecular formula is C16H17Cl2NS. The molecule has 2 aromatic carbocycles. The fraction of sp³-hybridized carbons (Fsp3) is 0.250. The molecule has 0 unspecified atom stereocenters. The predicted molar refractivity (Wildman–Crippen MR) is 89.8 cm³/mol. The molecule has 0 aliphatic heterocycles. The predicted octanol–water partition coefficient (Wildman–Crippen LogP) is 5.40. The highest BCUT2D eigenvalue weighted by molar-refractivity contribution is 7.98. The molecule has 106 valence electrons. The van der Waals surface area contributed by atoms with Gasteiger partial charge in [-0.25, -0.2) is 0 Å². The summed E-state index contributed by atoms with van der Waals surface area (Å²) >= 11 is 13.8. The van der Waals surface area contributed by atoms with Gasteiger partial charge in [-0.15, -0.1) is 11.8 Å². The van der Waals surface area contributed by atoms with Gasteiger partial charge in [-0.3, -0.25) is 0 Å². The minimum absolute atomic E-state index is 0.773. The van der Waals surface area contributed by atoms with Crippen LogP contribution in [0.2, 0.25) is 10.0 Å². The van der Waals surface area contributed by atoms with Crippen LogP contribution in [0.4, 0.5) is 0 Å². The summed E-state index contributed by atoms with van der Waals surface area (Å²) in [6.07, 6.45) is 0. The zero-order valence-electron chi connectivity index (χ0n) is 11.3. The van der Waals surface area contributed by atoms with Gasteiger partial charge in [-0.2, -0.15) is 0 Å². The number of halogens is 2. The second-order valence-corrected chi connectivity index (χ2v) is 6.34. The summed E-state index contributed by atoms with van der Waals surface area (Å²) < 4.78 is 0. The van der Waals surface area contributed by atoms with Crippen LogP contribution in [0.5, 0.6) is 0 Å². The van der Waals surface area contributed by atoms with Crippen LogP contribution in [-0.2, 0) is 12.3 Å². The molecule has 1 nitrogen and oxygen atoms in total. The van der Waals surface area contributed by atoms with Crippen LogP contribution in [0.1, 0.15) is 18.1 Å². The Morgan fingerprint density at radius 1 is 1.00 bits per heavy atom. The summed E-state index contributed by atoms with van der Waals surface area (Å²) in [6, 6.07) is 14.0. The average Bonchev–Trinajstić information content (AvgIpc) is 2.46. The highest BCUT2D eigenvalue weighted by Gasteiger charge is 2.05. The Morgan fingerprint density at radius 3 is 2.40 bits per heavy atom. The molecule has 0 fully saturated rings. The van der Waals surface area contributed by atoms with Gasteiger partial charge in [0.05, 0.1) is 0 Å². The number of hydrogen-bond donors (Lipinski definition) is 1. The molecule has 0 radical (unpaired) electrons. The van der Waals surface area contributed by atoms with Crippen LogP contribution in [0.15, 0.2) is 47.4 Å². The van der Waals surface area contributed by atoms with Crippen molar-refractivity contribution in [3.63, 3.8) is 0 Å². The van der Waals surface area contributed by atoms with Gasteiger partial charge in [-0.05, 0) is 41.9 Å². The molecule has 0 saturated carbocycles. The number of nitrogens with one attached hydrogen (secondary N) is 1. The maximum atomic E-state index is 6.10. The largest absolute Gasteiger partial charge is 0.313 e. The first-order valence-electron chi connectivity index (χ1n) is 6.55. The van der Waals surface area contributed by atoms with Gasteiger partial charge in [0.2, 0.25) is 0 Å². The third-order valence-electron chi connectivity index (χ3n) is 2.90. The number of hydrogen-bond acceptors (Lipinski definition) is 2. The maximum absolute atomic E-state index is 6.10. The third kappa shape index (κ3) is 4.71. The lowest BCUT2D eigenvalue weighted by molar-refractivity contribution is 0.718. The van der Waals surface area contributed by atoms with Crippen LogP contribution in [0, 0.1) is 0 Å². The summed E-state index contributed by atoms with van der Waals surface area (Å²) in [5.74, 6) is 0.913. The minimum atomic E-state index is 0.773. The van der Waals surface area contributed by atoms with Crippen molar-refractivity contribution in [3.05, 3.63) is 63.6 Å². The summed E-state index contributed by atoms with van der Waals surface area (Å²) in [5, 5.41) is 4.91. The van der Waals surface area contributed by atoms with Crippen molar-refractivity contribution >= 4 is 35.0 Å². The lowest BCUT2D eigenvalue weighted by atomic mass is 10.2. The summed E-state index contributed by atoms with van der Waals surface area (Å²) in [7, 11) is 0. The Kier molecular flexibility index (Phi) is 6.24. The first-order chi connectivity index (χ1) is 9.69. The average molecular weight is 326 g/mol. The van der Waals surface area contributed by atoms with Crippen molar-refractivity contribution in [3.8, 4) is 0 Å². The van der Waals surface area contributed by atoms with E-state index in [0.717, 1.165) is 28.9 Å². The highest BCUT2D eigenvalue weighted by Crippen LogP contribution is 2.29. The Hall–Kier alpha value is -0.670. The molecule has 4 heteroatoms. The summed E-state index contributed by atoms with van der Waals surface area (Å²) in [4.78, 5) is 1.23. The second-order valence-electron chi connectivity index (χ2n) is 4.45. The molecular weight excluding hydrogens is 309 g/mol. The van der Waals surface area contributed by atoms with E-state index in [4.69, 9.17) is 23.2 Å². The van der Waals surface area contributed by atoms with Gasteiger partial charge in [0.15, 0.2) is 0 Å². The van der Waals surface area contributed by atoms with Crippen LogP contribution in [0.25, 0.3) is 0 Å². The molecule has 0 aromatic heterocycles. The number of thioether (sulfide) groups is 1. The third-order valence-corrected chi connectivity index (χ3v) is 4.56. The van der Waals surface area contributed by atoms with Crippen LogP contribution in [0.3, 0.4) is 0 Å². The van der Waals surface area contributed by atoms with E-state index in [2.05, 4.69) is 30.4 Å². The lowest BCUT2D eigenvalue weighted by Gasteiger charge is -2.10. The molecule has 0 saturated heterocycles. The summed E-state index contributed by atoms with van der Waals surface area (Å²) in [6.45, 7) is 3.94. The maximum Gasteiger partial charge on any atom is 0.0417 e. The molecule has 0 atom stereocenters. The van der Waals surface area contributed by atoms with Gasteiger partial charge in [-0.1, -0.05) is 48.3 Å². The fourth-order valence-electron chi connectivity index (χ4n) is 1.81. The molecule has 0 bridgehead atoms. The van der Waals surface area contributed by atoms with Crippen molar-refractivity contribution in [1.82, 2.24) is 5.32 Å². The quantitative estimate of drug-likeness (QED) is 0.714. The molecule has 2 aromatic rings. The smallest absolute Gasteiger partial charge is 0.0417 e. The minimum Gasteiger partial charge on any atom is -0.313 e. The molecule has 0 aliphatic rings. The SMILES string of the molecule is CCNCc1ccc(Cl)cc1SCc1ccc(Cl)cc1. The van der Waals surface area contributed by atoms with E-state index in [-0.39, 0.29) is 0 Å². The van der Waals surface area contributed by atoms with E-state index in [9.17, 15) is 0 Å². The van der Waals surface area contributed by atoms with E-state index >= 15 is 0 Å².